The second kappa shape index (κ2) is 8.39. The van der Waals surface area contributed by atoms with Gasteiger partial charge in [0.25, 0.3) is 5.91 Å². The average Bonchev–Trinajstić information content (AvgIpc) is 3.40. The van der Waals surface area contributed by atoms with Gasteiger partial charge in [0, 0.05) is 27.5 Å². The lowest BCUT2D eigenvalue weighted by atomic mass is 10.1. The number of amides is 1. The number of hydrogen-bond acceptors (Lipinski definition) is 5. The Kier molecular flexibility index (Phi) is 5.28. The molecule has 0 radical (unpaired) electrons. The van der Waals surface area contributed by atoms with Gasteiger partial charge in [-0.1, -0.05) is 0 Å². The first-order valence-corrected chi connectivity index (χ1v) is 11.0. The third-order valence-electron chi connectivity index (χ3n) is 5.08. The quantitative estimate of drug-likeness (QED) is 0.371. The van der Waals surface area contributed by atoms with Crippen LogP contribution < -0.4 is 10.1 Å². The minimum absolute atomic E-state index is 0.186. The SMILES string of the molecule is CCOc1cc(-c2ccc(F)cc2)nc2cc(C(=O)NCc3cc4[nH]ncc4s3)ccc12. The largest absolute Gasteiger partial charge is 0.493 e. The van der Waals surface area contributed by atoms with E-state index in [0.29, 0.717) is 35.7 Å². The van der Waals surface area contributed by atoms with Gasteiger partial charge >= 0.3 is 0 Å². The van der Waals surface area contributed by atoms with Crippen LogP contribution in [0.1, 0.15) is 22.2 Å². The molecule has 0 bridgehead atoms. The van der Waals surface area contributed by atoms with E-state index < -0.39 is 0 Å². The summed E-state index contributed by atoms with van der Waals surface area (Å²) in [6.45, 7) is 2.83. The molecule has 32 heavy (non-hydrogen) atoms. The van der Waals surface area contributed by atoms with Crippen LogP contribution in [0.15, 0.2) is 60.8 Å². The zero-order chi connectivity index (χ0) is 22.1. The van der Waals surface area contributed by atoms with Crippen molar-refractivity contribution in [3.63, 3.8) is 0 Å². The van der Waals surface area contributed by atoms with Crippen molar-refractivity contribution >= 4 is 38.4 Å². The number of fused-ring (bicyclic) bond motifs is 2. The summed E-state index contributed by atoms with van der Waals surface area (Å²) in [5.41, 5.74) is 3.53. The van der Waals surface area contributed by atoms with Gasteiger partial charge in [0.15, 0.2) is 0 Å². The highest BCUT2D eigenvalue weighted by Gasteiger charge is 2.13. The zero-order valence-electron chi connectivity index (χ0n) is 17.2. The van der Waals surface area contributed by atoms with Crippen LogP contribution in [0.4, 0.5) is 4.39 Å². The van der Waals surface area contributed by atoms with Gasteiger partial charge in [-0.25, -0.2) is 9.37 Å². The van der Waals surface area contributed by atoms with Crippen LogP contribution in [0.3, 0.4) is 0 Å². The molecule has 0 aliphatic rings. The normalized spacial score (nSPS) is 11.2. The fourth-order valence-electron chi connectivity index (χ4n) is 3.54. The average molecular weight is 447 g/mol. The number of aromatic amines is 1. The first-order chi connectivity index (χ1) is 15.6. The molecular weight excluding hydrogens is 427 g/mol. The minimum atomic E-state index is -0.308. The van der Waals surface area contributed by atoms with Gasteiger partial charge in [-0.2, -0.15) is 5.10 Å². The van der Waals surface area contributed by atoms with Crippen LogP contribution in [0.25, 0.3) is 32.4 Å². The number of nitrogens with zero attached hydrogens (tertiary/aromatic N) is 2. The summed E-state index contributed by atoms with van der Waals surface area (Å²) < 4.78 is 20.2. The standard InChI is InChI=1S/C24H19FN4O2S/c1-2-31-22-11-19(14-3-6-16(25)7-4-14)28-20-9-15(5-8-18(20)22)24(30)26-12-17-10-21-23(32-17)13-27-29-21/h3-11,13H,2,12H2,1H3,(H,26,30)(H,27,29). The maximum Gasteiger partial charge on any atom is 0.251 e. The van der Waals surface area contributed by atoms with Crippen LogP contribution in [0.2, 0.25) is 0 Å². The number of aromatic nitrogens is 3. The van der Waals surface area contributed by atoms with E-state index >= 15 is 0 Å². The van der Waals surface area contributed by atoms with Crippen LogP contribution in [-0.2, 0) is 6.54 Å². The smallest absolute Gasteiger partial charge is 0.251 e. The van der Waals surface area contributed by atoms with Crippen molar-refractivity contribution in [2.45, 2.75) is 13.5 Å². The first-order valence-electron chi connectivity index (χ1n) is 10.1. The highest BCUT2D eigenvalue weighted by Crippen LogP contribution is 2.31. The van der Waals surface area contributed by atoms with E-state index in [0.717, 1.165) is 26.0 Å². The second-order valence-electron chi connectivity index (χ2n) is 7.22. The highest BCUT2D eigenvalue weighted by molar-refractivity contribution is 7.19. The van der Waals surface area contributed by atoms with Crippen LogP contribution in [0.5, 0.6) is 5.75 Å². The number of H-pyrrole nitrogens is 1. The molecule has 5 aromatic rings. The van der Waals surface area contributed by atoms with Crippen LogP contribution in [-0.4, -0.2) is 27.7 Å². The molecule has 0 saturated heterocycles. The van der Waals surface area contributed by atoms with Crippen molar-refractivity contribution in [2.24, 2.45) is 0 Å². The minimum Gasteiger partial charge on any atom is -0.493 e. The zero-order valence-corrected chi connectivity index (χ0v) is 18.0. The predicted octanol–water partition coefficient (Wildman–Crippen LogP) is 5.31. The number of halogens is 1. The number of carbonyl (C=O) groups excluding carboxylic acids is 1. The van der Waals surface area contributed by atoms with Crippen molar-refractivity contribution in [3.05, 3.63) is 77.1 Å². The lowest BCUT2D eigenvalue weighted by molar-refractivity contribution is 0.0951. The molecule has 0 aliphatic heterocycles. The molecule has 0 spiro atoms. The van der Waals surface area contributed by atoms with Crippen molar-refractivity contribution in [1.29, 1.82) is 0 Å². The number of thiophene rings is 1. The lowest BCUT2D eigenvalue weighted by Crippen LogP contribution is -2.22. The summed E-state index contributed by atoms with van der Waals surface area (Å²) in [7, 11) is 0. The molecule has 2 N–H and O–H groups in total. The molecule has 0 aliphatic carbocycles. The third-order valence-corrected chi connectivity index (χ3v) is 6.15. The maximum absolute atomic E-state index is 13.3. The number of carbonyl (C=O) groups is 1. The molecule has 5 rings (SSSR count). The Hall–Kier alpha value is -3.78. The van der Waals surface area contributed by atoms with Crippen molar-refractivity contribution < 1.29 is 13.9 Å². The molecule has 0 fully saturated rings. The highest BCUT2D eigenvalue weighted by atomic mass is 32.1. The molecule has 2 aromatic carbocycles. The number of benzene rings is 2. The van der Waals surface area contributed by atoms with Gasteiger partial charge in [0.2, 0.25) is 0 Å². The Morgan fingerprint density at radius 1 is 1.16 bits per heavy atom. The summed E-state index contributed by atoms with van der Waals surface area (Å²) in [6.07, 6.45) is 1.77. The maximum atomic E-state index is 13.3. The monoisotopic (exact) mass is 446 g/mol. The Morgan fingerprint density at radius 3 is 2.78 bits per heavy atom. The van der Waals surface area contributed by atoms with Crippen LogP contribution >= 0.6 is 11.3 Å². The fraction of sp³-hybridized carbons (Fsp3) is 0.125. The van der Waals surface area contributed by atoms with E-state index in [2.05, 4.69) is 15.5 Å². The topological polar surface area (TPSA) is 79.9 Å². The summed E-state index contributed by atoms with van der Waals surface area (Å²) in [6, 6.07) is 15.3. The van der Waals surface area contributed by atoms with Gasteiger partial charge in [-0.15, -0.1) is 11.3 Å². The lowest BCUT2D eigenvalue weighted by Gasteiger charge is -2.12. The van der Waals surface area contributed by atoms with E-state index in [9.17, 15) is 9.18 Å². The third kappa shape index (κ3) is 3.92. The molecule has 0 atom stereocenters. The Labute approximate surface area is 187 Å². The molecule has 0 saturated carbocycles. The Morgan fingerprint density at radius 2 is 2.00 bits per heavy atom. The first kappa shape index (κ1) is 20.1. The van der Waals surface area contributed by atoms with Gasteiger partial charge in [-0.05, 0) is 55.5 Å². The summed E-state index contributed by atoms with van der Waals surface area (Å²) in [5, 5.41) is 10.7. The van der Waals surface area contributed by atoms with Crippen molar-refractivity contribution in [1.82, 2.24) is 20.5 Å². The molecule has 6 nitrogen and oxygen atoms in total. The molecule has 1 amide bonds. The number of ether oxygens (including phenoxy) is 1. The Bertz CT molecular complexity index is 1400. The number of hydrogen-bond donors (Lipinski definition) is 2. The van der Waals surface area contributed by atoms with Crippen molar-refractivity contribution in [2.75, 3.05) is 6.61 Å². The number of pyridine rings is 1. The predicted molar refractivity (Wildman–Crippen MR) is 123 cm³/mol. The van der Waals surface area contributed by atoms with E-state index in [1.807, 2.05) is 25.1 Å². The second-order valence-corrected chi connectivity index (χ2v) is 8.39. The summed E-state index contributed by atoms with van der Waals surface area (Å²) in [5.74, 6) is 0.178. The van der Waals surface area contributed by atoms with Gasteiger partial charge < -0.3 is 10.1 Å². The molecule has 0 unspecified atom stereocenters. The Balaban J connectivity index is 1.44. The summed E-state index contributed by atoms with van der Waals surface area (Å²) >= 11 is 1.59. The van der Waals surface area contributed by atoms with E-state index in [4.69, 9.17) is 9.72 Å². The van der Waals surface area contributed by atoms with E-state index in [1.54, 1.807) is 41.8 Å². The molecule has 3 aromatic heterocycles. The van der Waals surface area contributed by atoms with Gasteiger partial charge in [0.05, 0.1) is 40.8 Å². The molecule has 8 heteroatoms. The van der Waals surface area contributed by atoms with Crippen molar-refractivity contribution in [3.8, 4) is 17.0 Å². The van der Waals surface area contributed by atoms with Gasteiger partial charge in [0.1, 0.15) is 11.6 Å². The van der Waals surface area contributed by atoms with E-state index in [1.165, 1.54) is 12.1 Å². The van der Waals surface area contributed by atoms with Gasteiger partial charge in [-0.3, -0.25) is 9.89 Å². The molecule has 160 valence electrons. The van der Waals surface area contributed by atoms with Crippen LogP contribution in [0, 0.1) is 5.82 Å². The number of nitrogens with one attached hydrogen (secondary N) is 2. The molecular formula is C24H19FN4O2S. The summed E-state index contributed by atoms with van der Waals surface area (Å²) in [4.78, 5) is 18.5. The molecule has 3 heterocycles. The fourth-order valence-corrected chi connectivity index (χ4v) is 4.46. The van der Waals surface area contributed by atoms with E-state index in [-0.39, 0.29) is 11.7 Å². The number of rotatable bonds is 6.